The van der Waals surface area contributed by atoms with Crippen LogP contribution in [-0.2, 0) is 18.8 Å². The number of carbonyl (C=O) groups excluding carboxylic acids is 2. The summed E-state index contributed by atoms with van der Waals surface area (Å²) in [6.07, 6.45) is 0.432. The summed E-state index contributed by atoms with van der Waals surface area (Å²) in [5, 5.41) is -2.61. The van der Waals surface area contributed by atoms with Crippen molar-refractivity contribution in [2.45, 2.75) is 42.4 Å². The first-order valence-electron chi connectivity index (χ1n) is 8.20. The molecule has 1 unspecified atom stereocenters. The maximum absolute atomic E-state index is 16.2. The molecular formula is C17H19FNO6P. The van der Waals surface area contributed by atoms with Crippen LogP contribution in [0.15, 0.2) is 30.3 Å². The second-order valence-corrected chi connectivity index (χ2v) is 7.85. The average Bonchev–Trinajstić information content (AvgIpc) is 2.93. The molecule has 0 N–H and O–H groups in total. The Morgan fingerprint density at radius 1 is 1.31 bits per heavy atom. The molecule has 2 saturated heterocycles. The van der Waals surface area contributed by atoms with Crippen molar-refractivity contribution < 1.29 is 32.9 Å². The molecule has 0 radical (unpaired) electrons. The Labute approximate surface area is 150 Å². The zero-order valence-electron chi connectivity index (χ0n) is 14.4. The molecule has 0 amide bonds. The standard InChI is InChI=1S/C17H19FNO6P/c1-19-12-8-9-13(19)17(18,15(21)24-2)16(10-12,26(22)23)25-14(20)11-6-4-3-5-7-11/h3-7,12-13H,8-10H2,1-2H3/t12-,13+,16+,17-/m1/s1. The highest BCUT2D eigenvalue weighted by Gasteiger charge is 2.79. The molecule has 2 aliphatic rings. The number of esters is 2. The van der Waals surface area contributed by atoms with Crippen molar-refractivity contribution in [3.05, 3.63) is 35.9 Å². The van der Waals surface area contributed by atoms with Gasteiger partial charge in [-0.1, -0.05) is 22.8 Å². The van der Waals surface area contributed by atoms with Gasteiger partial charge in [0.15, 0.2) is 0 Å². The molecule has 5 atom stereocenters. The second kappa shape index (κ2) is 6.68. The first kappa shape index (κ1) is 18.9. The van der Waals surface area contributed by atoms with Gasteiger partial charge >= 0.3 is 31.0 Å². The van der Waals surface area contributed by atoms with Gasteiger partial charge < -0.3 is 14.4 Å². The van der Waals surface area contributed by atoms with Crippen LogP contribution in [0, 0.1) is 0 Å². The van der Waals surface area contributed by atoms with Gasteiger partial charge in [-0.05, 0) is 32.0 Å². The summed E-state index contributed by atoms with van der Waals surface area (Å²) < 4.78 is 38.2. The van der Waals surface area contributed by atoms with E-state index in [1.807, 2.05) is 0 Å². The van der Waals surface area contributed by atoms with Gasteiger partial charge in [0.2, 0.25) is 0 Å². The van der Waals surface area contributed by atoms with E-state index < -0.39 is 37.0 Å². The van der Waals surface area contributed by atoms with Crippen LogP contribution in [0.3, 0.4) is 0 Å². The molecule has 2 bridgehead atoms. The SMILES string of the molecule is COC(=O)[C@]1(F)[C@@H]2CC[C@H](C[C@]1(OC(=O)c1ccccc1)[P+](=O)[O-])N2C. The number of halogens is 1. The maximum atomic E-state index is 16.2. The van der Waals surface area contributed by atoms with Crippen molar-refractivity contribution in [2.75, 3.05) is 14.2 Å². The molecule has 1 aromatic rings. The number of benzene rings is 1. The van der Waals surface area contributed by atoms with E-state index in [1.165, 1.54) is 12.1 Å². The quantitative estimate of drug-likeness (QED) is 0.573. The molecule has 2 fully saturated rings. The molecular weight excluding hydrogens is 364 g/mol. The molecule has 26 heavy (non-hydrogen) atoms. The van der Waals surface area contributed by atoms with Gasteiger partial charge in [-0.15, -0.1) is 0 Å². The van der Waals surface area contributed by atoms with Crippen LogP contribution >= 0.6 is 8.03 Å². The highest BCUT2D eigenvalue weighted by atomic mass is 31.1. The molecule has 0 aliphatic carbocycles. The van der Waals surface area contributed by atoms with Crippen molar-refractivity contribution in [1.82, 2.24) is 4.90 Å². The molecule has 140 valence electrons. The lowest BCUT2D eigenvalue weighted by molar-refractivity contribution is -0.215. The van der Waals surface area contributed by atoms with E-state index in [9.17, 15) is 19.0 Å². The highest BCUT2D eigenvalue weighted by molar-refractivity contribution is 7.38. The van der Waals surface area contributed by atoms with Crippen molar-refractivity contribution >= 4 is 20.0 Å². The monoisotopic (exact) mass is 383 g/mol. The lowest BCUT2D eigenvalue weighted by Crippen LogP contribution is -2.71. The molecule has 9 heteroatoms. The third kappa shape index (κ3) is 2.55. The highest BCUT2D eigenvalue weighted by Crippen LogP contribution is 2.58. The minimum absolute atomic E-state index is 0.0715. The normalized spacial score (nSPS) is 34.2. The number of piperidine rings is 1. The van der Waals surface area contributed by atoms with Gasteiger partial charge in [0, 0.05) is 6.04 Å². The number of carbonyl (C=O) groups is 2. The minimum atomic E-state index is -3.63. The minimum Gasteiger partial charge on any atom is -0.592 e. The predicted octanol–water partition coefficient (Wildman–Crippen LogP) is 1.39. The number of hydrogen-bond donors (Lipinski definition) is 0. The fourth-order valence-electron chi connectivity index (χ4n) is 4.06. The fraction of sp³-hybridized carbons (Fsp3) is 0.529. The van der Waals surface area contributed by atoms with Gasteiger partial charge in [-0.3, -0.25) is 4.90 Å². The van der Waals surface area contributed by atoms with Crippen molar-refractivity contribution in [3.63, 3.8) is 0 Å². The summed E-state index contributed by atoms with van der Waals surface area (Å²) in [4.78, 5) is 38.7. The number of ether oxygens (including phenoxy) is 2. The first-order chi connectivity index (χ1) is 12.3. The Hall–Kier alpha value is -1.89. The Kier molecular flexibility index (Phi) is 4.86. The average molecular weight is 383 g/mol. The van der Waals surface area contributed by atoms with Crippen LogP contribution in [-0.4, -0.2) is 54.1 Å². The Balaban J connectivity index is 2.09. The van der Waals surface area contributed by atoms with E-state index in [0.717, 1.165) is 7.11 Å². The molecule has 0 spiro atoms. The van der Waals surface area contributed by atoms with Gasteiger partial charge in [0.05, 0.1) is 25.1 Å². The summed E-state index contributed by atoms with van der Waals surface area (Å²) in [7, 11) is -1.03. The molecule has 0 saturated carbocycles. The number of fused-ring (bicyclic) bond motifs is 2. The van der Waals surface area contributed by atoms with Crippen LogP contribution in [0.25, 0.3) is 0 Å². The Bertz CT molecular complexity index is 746. The van der Waals surface area contributed by atoms with Crippen LogP contribution < -0.4 is 4.89 Å². The topological polar surface area (TPSA) is 96.0 Å². The molecule has 7 nitrogen and oxygen atoms in total. The molecule has 0 aromatic heterocycles. The Morgan fingerprint density at radius 2 is 1.96 bits per heavy atom. The van der Waals surface area contributed by atoms with E-state index in [0.29, 0.717) is 6.42 Å². The third-order valence-corrected chi connectivity index (χ3v) is 6.62. The van der Waals surface area contributed by atoms with Gasteiger partial charge in [-0.2, -0.15) is 0 Å². The van der Waals surface area contributed by atoms with Crippen LogP contribution in [0.1, 0.15) is 29.6 Å². The number of nitrogens with zero attached hydrogens (tertiary/aromatic N) is 1. The summed E-state index contributed by atoms with van der Waals surface area (Å²) in [6.45, 7) is 0. The largest absolute Gasteiger partial charge is 0.592 e. The van der Waals surface area contributed by atoms with Crippen molar-refractivity contribution in [3.8, 4) is 0 Å². The number of rotatable bonds is 4. The lowest BCUT2D eigenvalue weighted by atomic mass is 9.83. The zero-order chi connectivity index (χ0) is 19.1. The zero-order valence-corrected chi connectivity index (χ0v) is 15.3. The van der Waals surface area contributed by atoms with Gasteiger partial charge in [0.25, 0.3) is 0 Å². The first-order valence-corrected chi connectivity index (χ1v) is 9.38. The number of hydrogen-bond acceptors (Lipinski definition) is 7. The van der Waals surface area contributed by atoms with Crippen molar-refractivity contribution in [2.24, 2.45) is 0 Å². The van der Waals surface area contributed by atoms with E-state index in [1.54, 1.807) is 30.1 Å². The Morgan fingerprint density at radius 3 is 2.54 bits per heavy atom. The second-order valence-electron chi connectivity index (χ2n) is 6.62. The maximum Gasteiger partial charge on any atom is 0.362 e. The van der Waals surface area contributed by atoms with Crippen LogP contribution in [0.5, 0.6) is 0 Å². The fourth-order valence-corrected chi connectivity index (χ4v) is 5.08. The molecule has 3 rings (SSSR count). The van der Waals surface area contributed by atoms with Crippen LogP contribution in [0.4, 0.5) is 4.39 Å². The number of methoxy groups -OCH3 is 1. The molecule has 2 heterocycles. The molecule has 1 aromatic carbocycles. The lowest BCUT2D eigenvalue weighted by Gasteiger charge is -2.47. The molecule has 2 aliphatic heterocycles. The van der Waals surface area contributed by atoms with E-state index >= 15 is 4.39 Å². The third-order valence-electron chi connectivity index (χ3n) is 5.43. The van der Waals surface area contributed by atoms with Crippen LogP contribution in [0.2, 0.25) is 0 Å². The predicted molar refractivity (Wildman–Crippen MR) is 87.2 cm³/mol. The van der Waals surface area contributed by atoms with Gasteiger partial charge in [0.1, 0.15) is 0 Å². The number of alkyl halides is 1. The van der Waals surface area contributed by atoms with Gasteiger partial charge in [-0.25, -0.2) is 14.0 Å². The summed E-state index contributed by atoms with van der Waals surface area (Å²) in [6, 6.07) is 6.30. The van der Waals surface area contributed by atoms with E-state index in [2.05, 4.69) is 4.74 Å². The smallest absolute Gasteiger partial charge is 0.362 e. The summed E-state index contributed by atoms with van der Waals surface area (Å²) in [5.41, 5.74) is -2.94. The van der Waals surface area contributed by atoms with E-state index in [-0.39, 0.29) is 24.4 Å². The van der Waals surface area contributed by atoms with Crippen molar-refractivity contribution in [1.29, 1.82) is 0 Å². The van der Waals surface area contributed by atoms with E-state index in [4.69, 9.17) is 4.74 Å². The summed E-state index contributed by atoms with van der Waals surface area (Å²) >= 11 is 0. The summed E-state index contributed by atoms with van der Waals surface area (Å²) in [5.74, 6) is -2.35.